The fourth-order valence-electron chi connectivity index (χ4n) is 5.53. The second-order valence-corrected chi connectivity index (χ2v) is 11.7. The minimum atomic E-state index is -2.68. The number of hydrogen-bond acceptors (Lipinski definition) is 4. The lowest BCUT2D eigenvalue weighted by Crippen LogP contribution is -2.40. The Labute approximate surface area is 245 Å². The van der Waals surface area contributed by atoms with E-state index >= 15 is 0 Å². The highest BCUT2D eigenvalue weighted by Gasteiger charge is 2.37. The summed E-state index contributed by atoms with van der Waals surface area (Å²) >= 11 is 0. The van der Waals surface area contributed by atoms with E-state index < -0.39 is 29.9 Å². The number of likely N-dealkylation sites (tertiary alicyclic amines) is 1. The van der Waals surface area contributed by atoms with Gasteiger partial charge >= 0.3 is 5.97 Å². The first-order valence-electron chi connectivity index (χ1n) is 14.4. The molecular formula is C33H39F2N3O4. The first-order valence-corrected chi connectivity index (χ1v) is 14.4. The highest BCUT2D eigenvalue weighted by Crippen LogP contribution is 2.29. The molecule has 0 bridgehead atoms. The number of aromatic nitrogens is 1. The van der Waals surface area contributed by atoms with Crippen LogP contribution in [0.1, 0.15) is 61.9 Å². The zero-order valence-corrected chi connectivity index (χ0v) is 24.4. The number of nitrogens with one attached hydrogen (secondary N) is 1. The number of hydrogen-bond donors (Lipinski definition) is 2. The maximum atomic E-state index is 13.8. The molecule has 3 aromatic rings. The van der Waals surface area contributed by atoms with Crippen LogP contribution in [0.15, 0.2) is 71.7 Å². The molecule has 1 saturated heterocycles. The Hall–Kier alpha value is -3.85. The molecule has 2 N–H and O–H groups in total. The second kappa shape index (κ2) is 13.4. The molecule has 2 heterocycles. The summed E-state index contributed by atoms with van der Waals surface area (Å²) in [5, 5.41) is 12.6. The maximum Gasteiger partial charge on any atom is 0.305 e. The lowest BCUT2D eigenvalue weighted by molar-refractivity contribution is -0.138. The molecule has 2 aromatic carbocycles. The first-order chi connectivity index (χ1) is 19.9. The number of benzene rings is 2. The lowest BCUT2D eigenvalue weighted by Gasteiger charge is -2.26. The summed E-state index contributed by atoms with van der Waals surface area (Å²) in [6, 6.07) is 16.7. The van der Waals surface area contributed by atoms with Crippen molar-refractivity contribution >= 4 is 11.9 Å². The molecule has 0 aliphatic carbocycles. The summed E-state index contributed by atoms with van der Waals surface area (Å²) in [7, 11) is 0. The number of rotatable bonds is 12. The zero-order valence-electron chi connectivity index (χ0n) is 24.4. The number of carboxylic acid groups (broad SMARTS) is 1. The molecule has 1 amide bonds. The van der Waals surface area contributed by atoms with Crippen molar-refractivity contribution in [3.05, 3.63) is 93.9 Å². The monoisotopic (exact) mass is 579 g/mol. The third-order valence-corrected chi connectivity index (χ3v) is 7.74. The van der Waals surface area contributed by atoms with Crippen LogP contribution in [-0.4, -0.2) is 52.0 Å². The Bertz CT molecular complexity index is 1470. The van der Waals surface area contributed by atoms with Crippen LogP contribution in [0.3, 0.4) is 0 Å². The number of amides is 1. The molecule has 224 valence electrons. The quantitative estimate of drug-likeness (QED) is 0.290. The molecule has 42 heavy (non-hydrogen) atoms. The van der Waals surface area contributed by atoms with Crippen molar-refractivity contribution in [1.82, 2.24) is 14.8 Å². The Morgan fingerprint density at radius 3 is 2.50 bits per heavy atom. The van der Waals surface area contributed by atoms with E-state index in [4.69, 9.17) is 0 Å². The van der Waals surface area contributed by atoms with Crippen LogP contribution in [-0.2, 0) is 16.0 Å². The summed E-state index contributed by atoms with van der Waals surface area (Å²) in [5.41, 5.74) is 4.05. The Morgan fingerprint density at radius 1 is 1.07 bits per heavy atom. The van der Waals surface area contributed by atoms with Gasteiger partial charge in [-0.05, 0) is 59.6 Å². The van der Waals surface area contributed by atoms with Crippen LogP contribution in [0.5, 0.6) is 0 Å². The van der Waals surface area contributed by atoms with Crippen LogP contribution < -0.4 is 10.9 Å². The van der Waals surface area contributed by atoms with Crippen LogP contribution in [0.4, 0.5) is 8.78 Å². The molecule has 0 spiro atoms. The van der Waals surface area contributed by atoms with E-state index in [0.717, 1.165) is 22.3 Å². The summed E-state index contributed by atoms with van der Waals surface area (Å²) < 4.78 is 28.6. The van der Waals surface area contributed by atoms with Gasteiger partial charge in [-0.25, -0.2) is 8.78 Å². The van der Waals surface area contributed by atoms with Crippen LogP contribution in [0, 0.1) is 12.8 Å². The smallest absolute Gasteiger partial charge is 0.305 e. The predicted octanol–water partition coefficient (Wildman–Crippen LogP) is 5.63. The van der Waals surface area contributed by atoms with Crippen LogP contribution in [0.25, 0.3) is 11.1 Å². The summed E-state index contributed by atoms with van der Waals surface area (Å²) in [5.74, 6) is -4.13. The number of aliphatic carboxylic acids is 1. The van der Waals surface area contributed by atoms with Gasteiger partial charge in [0.05, 0.1) is 19.0 Å². The van der Waals surface area contributed by atoms with Crippen LogP contribution in [0.2, 0.25) is 0 Å². The first kappa shape index (κ1) is 31.1. The lowest BCUT2D eigenvalue weighted by atomic mass is 9.95. The topological polar surface area (TPSA) is 91.6 Å². The standard InChI is InChI=1S/C33H39F2N3O4/c1-22(2)17-29(38-20-24(11-12-30(38)39)13-15-37-16-14-33(34,35)21-37)32(42)36-28(19-31(40)41)26-9-6-8-25(18-26)27-10-5-4-7-23(27)3/h4-12,18,20,22,28-29H,13-17,19,21H2,1-3H3,(H,36,42)(H,40,41)/t28-,29+/m0/s1. The second-order valence-electron chi connectivity index (χ2n) is 11.7. The molecule has 0 radical (unpaired) electrons. The third-order valence-electron chi connectivity index (χ3n) is 7.74. The van der Waals surface area contributed by atoms with E-state index in [1.165, 1.54) is 10.6 Å². The number of alkyl halides is 2. The summed E-state index contributed by atoms with van der Waals surface area (Å²) in [4.78, 5) is 40.3. The highest BCUT2D eigenvalue weighted by molar-refractivity contribution is 5.82. The number of nitrogens with zero attached hydrogens (tertiary/aromatic N) is 2. The van der Waals surface area contributed by atoms with Crippen molar-refractivity contribution < 1.29 is 23.5 Å². The molecule has 1 aliphatic heterocycles. The predicted molar refractivity (Wildman–Crippen MR) is 159 cm³/mol. The minimum absolute atomic E-state index is 0.0606. The normalized spacial score (nSPS) is 16.3. The molecule has 1 aromatic heterocycles. The van der Waals surface area contributed by atoms with Crippen molar-refractivity contribution in [3.8, 4) is 11.1 Å². The molecule has 7 nitrogen and oxygen atoms in total. The maximum absolute atomic E-state index is 13.8. The third kappa shape index (κ3) is 8.12. The van der Waals surface area contributed by atoms with Gasteiger partial charge in [-0.2, -0.15) is 0 Å². The number of aryl methyl sites for hydroxylation is 1. The molecule has 4 rings (SSSR count). The zero-order chi connectivity index (χ0) is 30.4. The summed E-state index contributed by atoms with van der Waals surface area (Å²) in [6.07, 6.45) is 1.96. The fourth-order valence-corrected chi connectivity index (χ4v) is 5.53. The van der Waals surface area contributed by atoms with E-state index in [2.05, 4.69) is 5.32 Å². The van der Waals surface area contributed by atoms with Gasteiger partial charge in [-0.1, -0.05) is 62.4 Å². The molecule has 0 saturated carbocycles. The van der Waals surface area contributed by atoms with E-state index in [1.54, 1.807) is 23.2 Å². The molecule has 9 heteroatoms. The minimum Gasteiger partial charge on any atom is -0.481 e. The SMILES string of the molecule is Cc1ccccc1-c1cccc([C@H](CC(=O)O)NC(=O)[C@@H](CC(C)C)n2cc(CCN3CCC(F)(F)C3)ccc2=O)c1. The van der Waals surface area contributed by atoms with Crippen LogP contribution >= 0.6 is 0 Å². The van der Waals surface area contributed by atoms with Gasteiger partial charge in [0.25, 0.3) is 11.5 Å². The largest absolute Gasteiger partial charge is 0.481 e. The van der Waals surface area contributed by atoms with Gasteiger partial charge in [-0.15, -0.1) is 0 Å². The average molecular weight is 580 g/mol. The number of halogens is 2. The van der Waals surface area contributed by atoms with Gasteiger partial charge in [0.1, 0.15) is 6.04 Å². The number of carbonyl (C=O) groups is 2. The van der Waals surface area contributed by atoms with E-state index in [1.807, 2.05) is 63.2 Å². The Morgan fingerprint density at radius 2 is 1.83 bits per heavy atom. The Kier molecular flexibility index (Phi) is 9.93. The number of carboxylic acids is 1. The van der Waals surface area contributed by atoms with Crippen molar-refractivity contribution in [3.63, 3.8) is 0 Å². The van der Waals surface area contributed by atoms with Crippen molar-refractivity contribution in [1.29, 1.82) is 0 Å². The Balaban J connectivity index is 1.59. The van der Waals surface area contributed by atoms with Gasteiger partial charge in [0.2, 0.25) is 5.91 Å². The van der Waals surface area contributed by atoms with Crippen molar-refractivity contribution in [2.75, 3.05) is 19.6 Å². The van der Waals surface area contributed by atoms with Crippen molar-refractivity contribution in [2.24, 2.45) is 5.92 Å². The molecular weight excluding hydrogens is 540 g/mol. The van der Waals surface area contributed by atoms with Crippen molar-refractivity contribution in [2.45, 2.75) is 64.5 Å². The fraction of sp³-hybridized carbons (Fsp3) is 0.424. The van der Waals surface area contributed by atoms with Gasteiger partial charge in [-0.3, -0.25) is 19.3 Å². The van der Waals surface area contributed by atoms with E-state index in [0.29, 0.717) is 31.5 Å². The van der Waals surface area contributed by atoms with Gasteiger partial charge in [0, 0.05) is 31.8 Å². The average Bonchev–Trinajstić information content (AvgIpc) is 3.29. The summed E-state index contributed by atoms with van der Waals surface area (Å²) in [6.45, 7) is 6.36. The molecule has 0 unspecified atom stereocenters. The van der Waals surface area contributed by atoms with E-state index in [9.17, 15) is 28.3 Å². The van der Waals surface area contributed by atoms with Gasteiger partial charge < -0.3 is 15.0 Å². The van der Waals surface area contributed by atoms with Gasteiger partial charge in [0.15, 0.2) is 0 Å². The number of pyridine rings is 1. The highest BCUT2D eigenvalue weighted by atomic mass is 19.3. The molecule has 1 fully saturated rings. The van der Waals surface area contributed by atoms with E-state index in [-0.39, 0.29) is 30.9 Å². The molecule has 1 aliphatic rings. The molecule has 2 atom stereocenters. The number of carbonyl (C=O) groups excluding carboxylic acids is 1.